The van der Waals surface area contributed by atoms with Gasteiger partial charge < -0.3 is 19.3 Å². The Balaban J connectivity index is 1.62. The Morgan fingerprint density at radius 2 is 1.85 bits per heavy atom. The van der Waals surface area contributed by atoms with Gasteiger partial charge in [0, 0.05) is 32.6 Å². The third-order valence-corrected chi connectivity index (χ3v) is 5.48. The molecule has 1 atom stereocenters. The van der Waals surface area contributed by atoms with E-state index in [1.54, 1.807) is 19.1 Å². The molecule has 3 rings (SSSR count). The van der Waals surface area contributed by atoms with Gasteiger partial charge in [-0.3, -0.25) is 9.59 Å². The summed E-state index contributed by atoms with van der Waals surface area (Å²) in [5.41, 5.74) is 0.968. The van der Waals surface area contributed by atoms with Crippen molar-refractivity contribution in [1.29, 1.82) is 0 Å². The number of benzene rings is 1. The number of carbonyl (C=O) groups is 2. The average Bonchev–Trinajstić information content (AvgIpc) is 3.02. The predicted octanol–water partition coefficient (Wildman–Crippen LogP) is 2.31. The second-order valence-corrected chi connectivity index (χ2v) is 7.37. The molecule has 2 aliphatic rings. The fourth-order valence-electron chi connectivity index (χ4n) is 3.78. The maximum Gasteiger partial charge on any atom is 0.227 e. The first-order valence-corrected chi connectivity index (χ1v) is 9.29. The lowest BCUT2D eigenvalue weighted by Gasteiger charge is -2.32. The van der Waals surface area contributed by atoms with Crippen LogP contribution in [0.4, 0.5) is 0 Å². The number of likely N-dealkylation sites (tertiary alicyclic amines) is 2. The fourth-order valence-corrected chi connectivity index (χ4v) is 3.78. The molecule has 1 aromatic carbocycles. The Morgan fingerprint density at radius 3 is 2.50 bits per heavy atom. The van der Waals surface area contributed by atoms with Crippen molar-refractivity contribution in [1.82, 2.24) is 9.80 Å². The van der Waals surface area contributed by atoms with Crippen LogP contribution in [0.5, 0.6) is 11.5 Å². The van der Waals surface area contributed by atoms with Gasteiger partial charge in [0.25, 0.3) is 0 Å². The van der Waals surface area contributed by atoms with E-state index in [4.69, 9.17) is 9.47 Å². The van der Waals surface area contributed by atoms with E-state index in [-0.39, 0.29) is 17.7 Å². The summed E-state index contributed by atoms with van der Waals surface area (Å²) >= 11 is 0. The van der Waals surface area contributed by atoms with Crippen LogP contribution in [0, 0.1) is 11.8 Å². The molecule has 1 aromatic rings. The van der Waals surface area contributed by atoms with Crippen LogP contribution < -0.4 is 9.47 Å². The maximum absolute atomic E-state index is 12.7. The minimum Gasteiger partial charge on any atom is -0.493 e. The van der Waals surface area contributed by atoms with Crippen LogP contribution in [-0.4, -0.2) is 55.5 Å². The molecule has 142 valence electrons. The lowest BCUT2D eigenvalue weighted by molar-refractivity contribution is -0.137. The van der Waals surface area contributed by atoms with Gasteiger partial charge in [0.05, 0.1) is 20.1 Å². The summed E-state index contributed by atoms with van der Waals surface area (Å²) in [4.78, 5) is 28.9. The normalized spacial score (nSPS) is 21.2. The summed E-state index contributed by atoms with van der Waals surface area (Å²) in [6.45, 7) is 4.85. The van der Waals surface area contributed by atoms with Crippen molar-refractivity contribution < 1.29 is 19.1 Å². The number of ether oxygens (including phenoxy) is 2. The second-order valence-electron chi connectivity index (χ2n) is 7.37. The molecule has 2 heterocycles. The van der Waals surface area contributed by atoms with Crippen LogP contribution in [0.3, 0.4) is 0 Å². The Bertz CT molecular complexity index is 668. The van der Waals surface area contributed by atoms with Crippen molar-refractivity contribution in [3.8, 4) is 11.5 Å². The highest BCUT2D eigenvalue weighted by atomic mass is 16.5. The van der Waals surface area contributed by atoms with Crippen molar-refractivity contribution in [3.05, 3.63) is 23.8 Å². The zero-order valence-corrected chi connectivity index (χ0v) is 15.9. The minimum atomic E-state index is -0.212. The van der Waals surface area contributed by atoms with Gasteiger partial charge in [0.2, 0.25) is 11.8 Å². The topological polar surface area (TPSA) is 59.1 Å². The molecular formula is C20H28N2O4. The Hall–Kier alpha value is -2.24. The zero-order valence-electron chi connectivity index (χ0n) is 15.9. The number of rotatable bonds is 5. The van der Waals surface area contributed by atoms with Crippen molar-refractivity contribution in [2.24, 2.45) is 11.8 Å². The SMILES string of the molecule is COc1ccc(CN2CC(C(=O)N3CCC(C)CC3)CC2=O)cc1OC. The smallest absolute Gasteiger partial charge is 0.227 e. The van der Waals surface area contributed by atoms with E-state index in [9.17, 15) is 9.59 Å². The Morgan fingerprint density at radius 1 is 1.15 bits per heavy atom. The third-order valence-electron chi connectivity index (χ3n) is 5.48. The molecule has 0 aromatic heterocycles. The molecule has 1 unspecified atom stereocenters. The van der Waals surface area contributed by atoms with Gasteiger partial charge in [0.1, 0.15) is 0 Å². The summed E-state index contributed by atoms with van der Waals surface area (Å²) in [6.07, 6.45) is 2.43. The first kappa shape index (κ1) is 18.5. The summed E-state index contributed by atoms with van der Waals surface area (Å²) in [5.74, 6) is 1.97. The monoisotopic (exact) mass is 360 g/mol. The molecular weight excluding hydrogens is 332 g/mol. The number of hydrogen-bond donors (Lipinski definition) is 0. The van der Waals surface area contributed by atoms with Crippen molar-refractivity contribution in [3.63, 3.8) is 0 Å². The van der Waals surface area contributed by atoms with Crippen LogP contribution in [-0.2, 0) is 16.1 Å². The molecule has 26 heavy (non-hydrogen) atoms. The van der Waals surface area contributed by atoms with E-state index in [1.165, 1.54) is 0 Å². The lowest BCUT2D eigenvalue weighted by atomic mass is 9.97. The summed E-state index contributed by atoms with van der Waals surface area (Å²) in [5, 5.41) is 0. The number of nitrogens with zero attached hydrogens (tertiary/aromatic N) is 2. The highest BCUT2D eigenvalue weighted by Crippen LogP contribution is 2.30. The summed E-state index contributed by atoms with van der Waals surface area (Å²) in [6, 6.07) is 5.65. The molecule has 2 amide bonds. The molecule has 2 fully saturated rings. The number of piperidine rings is 1. The number of hydrogen-bond acceptors (Lipinski definition) is 4. The van der Waals surface area contributed by atoms with Gasteiger partial charge in [-0.05, 0) is 36.5 Å². The standard InChI is InChI=1S/C20H28N2O4/c1-14-6-8-21(9-7-14)20(24)16-11-19(23)22(13-16)12-15-4-5-17(25-2)18(10-15)26-3/h4-5,10,14,16H,6-9,11-13H2,1-3H3. The van der Waals surface area contributed by atoms with Gasteiger partial charge in [-0.15, -0.1) is 0 Å². The molecule has 6 nitrogen and oxygen atoms in total. The minimum absolute atomic E-state index is 0.0449. The van der Waals surface area contributed by atoms with Crippen molar-refractivity contribution in [2.45, 2.75) is 32.7 Å². The van der Waals surface area contributed by atoms with Gasteiger partial charge >= 0.3 is 0 Å². The van der Waals surface area contributed by atoms with Crippen LogP contribution in [0.2, 0.25) is 0 Å². The molecule has 2 saturated heterocycles. The quantitative estimate of drug-likeness (QED) is 0.809. The summed E-state index contributed by atoms with van der Waals surface area (Å²) < 4.78 is 10.6. The van der Waals surface area contributed by atoms with Crippen LogP contribution in [0.1, 0.15) is 31.7 Å². The van der Waals surface area contributed by atoms with Crippen molar-refractivity contribution >= 4 is 11.8 Å². The Labute approximate surface area is 155 Å². The van der Waals surface area contributed by atoms with Gasteiger partial charge in [-0.25, -0.2) is 0 Å². The van der Waals surface area contributed by atoms with Gasteiger partial charge in [-0.2, -0.15) is 0 Å². The van der Waals surface area contributed by atoms with Gasteiger partial charge in [-0.1, -0.05) is 13.0 Å². The highest BCUT2D eigenvalue weighted by Gasteiger charge is 2.37. The van der Waals surface area contributed by atoms with E-state index in [0.717, 1.165) is 31.5 Å². The number of carbonyl (C=O) groups excluding carboxylic acids is 2. The second kappa shape index (κ2) is 7.98. The third kappa shape index (κ3) is 3.94. The predicted molar refractivity (Wildman–Crippen MR) is 98.0 cm³/mol. The largest absolute Gasteiger partial charge is 0.493 e. The molecule has 0 radical (unpaired) electrons. The van der Waals surface area contributed by atoms with Crippen LogP contribution in [0.25, 0.3) is 0 Å². The fraction of sp³-hybridized carbons (Fsp3) is 0.600. The molecule has 6 heteroatoms. The number of amides is 2. The first-order chi connectivity index (χ1) is 12.5. The molecule has 0 spiro atoms. The van der Waals surface area contributed by atoms with Crippen LogP contribution >= 0.6 is 0 Å². The number of methoxy groups -OCH3 is 2. The summed E-state index contributed by atoms with van der Waals surface area (Å²) in [7, 11) is 3.19. The van der Waals surface area contributed by atoms with E-state index >= 15 is 0 Å². The molecule has 0 bridgehead atoms. The molecule has 2 aliphatic heterocycles. The molecule has 0 N–H and O–H groups in total. The van der Waals surface area contributed by atoms with E-state index in [0.29, 0.717) is 36.9 Å². The van der Waals surface area contributed by atoms with E-state index in [1.807, 2.05) is 23.1 Å². The zero-order chi connectivity index (χ0) is 18.7. The molecule has 0 saturated carbocycles. The van der Waals surface area contributed by atoms with E-state index in [2.05, 4.69) is 6.92 Å². The van der Waals surface area contributed by atoms with E-state index < -0.39 is 0 Å². The maximum atomic E-state index is 12.7. The average molecular weight is 360 g/mol. The van der Waals surface area contributed by atoms with Crippen molar-refractivity contribution in [2.75, 3.05) is 33.9 Å². The first-order valence-electron chi connectivity index (χ1n) is 9.29. The highest BCUT2D eigenvalue weighted by molar-refractivity contribution is 5.89. The van der Waals surface area contributed by atoms with Crippen LogP contribution in [0.15, 0.2) is 18.2 Å². The molecule has 0 aliphatic carbocycles. The lowest BCUT2D eigenvalue weighted by Crippen LogP contribution is -2.42. The Kier molecular flexibility index (Phi) is 5.69. The van der Waals surface area contributed by atoms with Gasteiger partial charge in [0.15, 0.2) is 11.5 Å².